The van der Waals surface area contributed by atoms with Crippen molar-refractivity contribution in [1.29, 1.82) is 0 Å². The number of nitrogens with zero attached hydrogens (tertiary/aromatic N) is 1. The van der Waals surface area contributed by atoms with Gasteiger partial charge in [-0.25, -0.2) is 9.38 Å². The Morgan fingerprint density at radius 1 is 1.38 bits per heavy atom. The Kier molecular flexibility index (Phi) is 5.84. The molecule has 0 spiro atoms. The van der Waals surface area contributed by atoms with Crippen molar-refractivity contribution in [3.8, 4) is 5.75 Å². The maximum absolute atomic E-state index is 13.5. The van der Waals surface area contributed by atoms with E-state index in [-0.39, 0.29) is 17.7 Å². The highest BCUT2D eigenvalue weighted by molar-refractivity contribution is 5.79. The Hall–Kier alpha value is -1.78. The molecular formula is C16H24FN3O. The van der Waals surface area contributed by atoms with E-state index in [1.807, 2.05) is 13.8 Å². The number of halogens is 1. The summed E-state index contributed by atoms with van der Waals surface area (Å²) in [5.74, 6) is 1.53. The standard InChI is InChI=1S/C16H24FN3O/c1-3-18-16(20-11-13-8-9-13)19-10-12(2)21-15-7-5-4-6-14(15)17/h4-7,12-13H,3,8-11H2,1-2H3,(H2,18,19,20). The van der Waals surface area contributed by atoms with E-state index in [2.05, 4.69) is 15.6 Å². The van der Waals surface area contributed by atoms with E-state index in [0.717, 1.165) is 25.0 Å². The van der Waals surface area contributed by atoms with Gasteiger partial charge in [0, 0.05) is 13.1 Å². The van der Waals surface area contributed by atoms with Gasteiger partial charge in [0.1, 0.15) is 6.10 Å². The summed E-state index contributed by atoms with van der Waals surface area (Å²) in [7, 11) is 0. The van der Waals surface area contributed by atoms with Gasteiger partial charge in [0.15, 0.2) is 17.5 Å². The average Bonchev–Trinajstić information content (AvgIpc) is 3.29. The lowest BCUT2D eigenvalue weighted by molar-refractivity contribution is 0.220. The molecule has 1 aromatic rings. The molecule has 1 atom stereocenters. The predicted molar refractivity (Wildman–Crippen MR) is 83.2 cm³/mol. The first-order chi connectivity index (χ1) is 10.2. The molecule has 4 nitrogen and oxygen atoms in total. The van der Waals surface area contributed by atoms with Gasteiger partial charge in [-0.1, -0.05) is 12.1 Å². The topological polar surface area (TPSA) is 45.7 Å². The van der Waals surface area contributed by atoms with Crippen molar-refractivity contribution in [2.24, 2.45) is 10.9 Å². The van der Waals surface area contributed by atoms with Crippen molar-refractivity contribution in [2.45, 2.75) is 32.8 Å². The van der Waals surface area contributed by atoms with Crippen LogP contribution in [0, 0.1) is 11.7 Å². The number of ether oxygens (including phenoxy) is 1. The Morgan fingerprint density at radius 2 is 2.14 bits per heavy atom. The summed E-state index contributed by atoms with van der Waals surface area (Å²) in [6.07, 6.45) is 2.43. The van der Waals surface area contributed by atoms with Crippen molar-refractivity contribution in [2.75, 3.05) is 19.6 Å². The third kappa shape index (κ3) is 5.61. The fraction of sp³-hybridized carbons (Fsp3) is 0.562. The molecule has 1 aliphatic carbocycles. The Morgan fingerprint density at radius 3 is 2.81 bits per heavy atom. The second-order valence-electron chi connectivity index (χ2n) is 5.40. The van der Waals surface area contributed by atoms with Crippen LogP contribution in [0.1, 0.15) is 26.7 Å². The summed E-state index contributed by atoms with van der Waals surface area (Å²) in [5.41, 5.74) is 0. The molecule has 1 fully saturated rings. The van der Waals surface area contributed by atoms with E-state index in [1.54, 1.807) is 18.2 Å². The van der Waals surface area contributed by atoms with Crippen LogP contribution in [-0.4, -0.2) is 31.7 Å². The molecule has 2 rings (SSSR count). The first-order valence-electron chi connectivity index (χ1n) is 7.62. The van der Waals surface area contributed by atoms with Crippen molar-refractivity contribution in [3.63, 3.8) is 0 Å². The number of nitrogens with one attached hydrogen (secondary N) is 2. The van der Waals surface area contributed by atoms with E-state index in [9.17, 15) is 4.39 Å². The average molecular weight is 293 g/mol. The molecule has 1 aliphatic rings. The Balaban J connectivity index is 1.82. The van der Waals surface area contributed by atoms with Crippen LogP contribution in [0.4, 0.5) is 4.39 Å². The zero-order chi connectivity index (χ0) is 15.1. The molecule has 5 heteroatoms. The molecule has 0 amide bonds. The highest BCUT2D eigenvalue weighted by Gasteiger charge is 2.21. The summed E-state index contributed by atoms with van der Waals surface area (Å²) in [6.45, 7) is 6.19. The fourth-order valence-corrected chi connectivity index (χ4v) is 1.92. The normalized spacial score (nSPS) is 16.4. The van der Waals surface area contributed by atoms with Gasteiger partial charge in [0.05, 0.1) is 6.54 Å². The molecule has 1 saturated carbocycles. The van der Waals surface area contributed by atoms with Crippen LogP contribution >= 0.6 is 0 Å². The third-order valence-corrected chi connectivity index (χ3v) is 3.27. The largest absolute Gasteiger partial charge is 0.486 e. The summed E-state index contributed by atoms with van der Waals surface area (Å²) in [4.78, 5) is 4.49. The minimum absolute atomic E-state index is 0.182. The van der Waals surface area contributed by atoms with Gasteiger partial charge >= 0.3 is 0 Å². The van der Waals surface area contributed by atoms with E-state index in [4.69, 9.17) is 4.74 Å². The number of benzene rings is 1. The molecular weight excluding hydrogens is 269 g/mol. The molecule has 1 aromatic carbocycles. The van der Waals surface area contributed by atoms with E-state index in [1.165, 1.54) is 18.9 Å². The van der Waals surface area contributed by atoms with Crippen LogP contribution < -0.4 is 15.4 Å². The molecule has 0 saturated heterocycles. The Labute approximate surface area is 125 Å². The fourth-order valence-electron chi connectivity index (χ4n) is 1.92. The van der Waals surface area contributed by atoms with Gasteiger partial charge in [-0.05, 0) is 44.7 Å². The molecule has 21 heavy (non-hydrogen) atoms. The maximum atomic E-state index is 13.5. The molecule has 0 aromatic heterocycles. The zero-order valence-electron chi connectivity index (χ0n) is 12.7. The van der Waals surface area contributed by atoms with E-state index >= 15 is 0 Å². The van der Waals surface area contributed by atoms with Gasteiger partial charge in [-0.2, -0.15) is 0 Å². The first kappa shape index (κ1) is 15.6. The molecule has 0 bridgehead atoms. The lowest BCUT2D eigenvalue weighted by atomic mass is 10.3. The minimum atomic E-state index is -0.341. The number of aliphatic imine (C=N–C) groups is 1. The van der Waals surface area contributed by atoms with Crippen molar-refractivity contribution >= 4 is 5.96 Å². The lowest BCUT2D eigenvalue weighted by Gasteiger charge is -2.15. The summed E-state index contributed by atoms with van der Waals surface area (Å²) >= 11 is 0. The lowest BCUT2D eigenvalue weighted by Crippen LogP contribution is -2.39. The third-order valence-electron chi connectivity index (χ3n) is 3.27. The Bertz CT molecular complexity index is 474. The van der Waals surface area contributed by atoms with Crippen molar-refractivity contribution < 1.29 is 9.13 Å². The summed E-state index contributed by atoms with van der Waals surface area (Å²) < 4.78 is 19.1. The van der Waals surface area contributed by atoms with Gasteiger partial charge in [0.25, 0.3) is 0 Å². The summed E-state index contributed by atoms with van der Waals surface area (Å²) in [6, 6.07) is 6.43. The van der Waals surface area contributed by atoms with E-state index < -0.39 is 0 Å². The number of hydrogen-bond donors (Lipinski definition) is 2. The first-order valence-corrected chi connectivity index (χ1v) is 7.62. The van der Waals surface area contributed by atoms with Crippen molar-refractivity contribution in [3.05, 3.63) is 30.1 Å². The van der Waals surface area contributed by atoms with Gasteiger partial charge in [0.2, 0.25) is 0 Å². The zero-order valence-corrected chi connectivity index (χ0v) is 12.7. The number of rotatable bonds is 7. The maximum Gasteiger partial charge on any atom is 0.191 e. The summed E-state index contributed by atoms with van der Waals surface area (Å²) in [5, 5.41) is 6.53. The van der Waals surface area contributed by atoms with Gasteiger partial charge < -0.3 is 15.4 Å². The highest BCUT2D eigenvalue weighted by Crippen LogP contribution is 2.27. The number of guanidine groups is 1. The van der Waals surface area contributed by atoms with Crippen LogP contribution in [0.25, 0.3) is 0 Å². The van der Waals surface area contributed by atoms with Crippen molar-refractivity contribution in [1.82, 2.24) is 10.6 Å². The molecule has 0 aliphatic heterocycles. The second-order valence-corrected chi connectivity index (χ2v) is 5.40. The highest BCUT2D eigenvalue weighted by atomic mass is 19.1. The second kappa shape index (κ2) is 7.86. The smallest absolute Gasteiger partial charge is 0.191 e. The van der Waals surface area contributed by atoms with Crippen LogP contribution in [0.5, 0.6) is 5.75 Å². The van der Waals surface area contributed by atoms with Gasteiger partial charge in [-0.3, -0.25) is 0 Å². The molecule has 1 unspecified atom stereocenters. The van der Waals surface area contributed by atoms with Crippen LogP contribution in [0.15, 0.2) is 29.3 Å². The van der Waals surface area contributed by atoms with Crippen LogP contribution in [0.3, 0.4) is 0 Å². The molecule has 0 radical (unpaired) electrons. The SMILES string of the molecule is CCNC(=NCC(C)Oc1ccccc1F)NCC1CC1. The van der Waals surface area contributed by atoms with Crippen LogP contribution in [-0.2, 0) is 0 Å². The molecule has 2 N–H and O–H groups in total. The number of para-hydroxylation sites is 1. The quantitative estimate of drug-likeness (QED) is 0.600. The van der Waals surface area contributed by atoms with E-state index in [0.29, 0.717) is 6.54 Å². The molecule has 0 heterocycles. The monoisotopic (exact) mass is 293 g/mol. The van der Waals surface area contributed by atoms with Gasteiger partial charge in [-0.15, -0.1) is 0 Å². The van der Waals surface area contributed by atoms with Crippen LogP contribution in [0.2, 0.25) is 0 Å². The number of hydrogen-bond acceptors (Lipinski definition) is 2. The molecule has 116 valence electrons. The predicted octanol–water partition coefficient (Wildman–Crippen LogP) is 2.56. The minimum Gasteiger partial charge on any atom is -0.486 e.